The highest BCUT2D eigenvalue weighted by Gasteiger charge is 2.22. The number of pyridine rings is 1. The van der Waals surface area contributed by atoms with Gasteiger partial charge in [-0.2, -0.15) is 5.10 Å². The molecule has 1 aliphatic rings. The van der Waals surface area contributed by atoms with Crippen LogP contribution in [-0.4, -0.2) is 27.2 Å². The number of carbonyl (C=O) groups is 1. The highest BCUT2D eigenvalue weighted by Crippen LogP contribution is 2.31. The van der Waals surface area contributed by atoms with E-state index in [1.54, 1.807) is 10.9 Å². The van der Waals surface area contributed by atoms with Crippen LogP contribution in [0.5, 0.6) is 0 Å². The normalized spacial score (nSPS) is 13.4. The van der Waals surface area contributed by atoms with Gasteiger partial charge in [-0.25, -0.2) is 0 Å². The van der Waals surface area contributed by atoms with Crippen LogP contribution in [-0.2, 0) is 19.9 Å². The second kappa shape index (κ2) is 6.57. The molecule has 1 aliphatic heterocycles. The zero-order valence-corrected chi connectivity index (χ0v) is 15.5. The monoisotopic (exact) mass is 366 g/mol. The molecule has 0 saturated carbocycles. The smallest absolute Gasteiger partial charge is 0.251 e. The lowest BCUT2D eigenvalue weighted by Gasteiger charge is -2.21. The summed E-state index contributed by atoms with van der Waals surface area (Å²) in [6.07, 6.45) is 7.08. The molecule has 3 heterocycles. The van der Waals surface area contributed by atoms with Crippen molar-refractivity contribution in [3.63, 3.8) is 0 Å². The molecular formula is C20H19ClN4O. The van der Waals surface area contributed by atoms with E-state index in [0.717, 1.165) is 39.9 Å². The largest absolute Gasteiger partial charge is 0.352 e. The van der Waals surface area contributed by atoms with E-state index in [1.165, 1.54) is 0 Å². The van der Waals surface area contributed by atoms with Gasteiger partial charge in [0, 0.05) is 42.1 Å². The zero-order valence-electron chi connectivity index (χ0n) is 14.7. The van der Waals surface area contributed by atoms with Crippen molar-refractivity contribution in [1.29, 1.82) is 0 Å². The third-order valence-corrected chi connectivity index (χ3v) is 5.36. The number of carbonyl (C=O) groups excluding carboxylic acids is 1. The molecule has 2 aromatic heterocycles. The fraction of sp³-hybridized carbons (Fsp3) is 0.250. The molecule has 132 valence electrons. The summed E-state index contributed by atoms with van der Waals surface area (Å²) < 4.78 is 1.76. The summed E-state index contributed by atoms with van der Waals surface area (Å²) in [5, 5.41) is 7.78. The summed E-state index contributed by atoms with van der Waals surface area (Å²) in [7, 11) is 1.89. The summed E-state index contributed by atoms with van der Waals surface area (Å²) in [6.45, 7) is 2.66. The van der Waals surface area contributed by atoms with E-state index >= 15 is 0 Å². The number of aromatic nitrogens is 3. The number of nitrogens with one attached hydrogen (secondary N) is 1. The zero-order chi connectivity index (χ0) is 18.3. The number of fused-ring (bicyclic) bond motifs is 1. The average Bonchev–Trinajstić information content (AvgIpc) is 3.07. The van der Waals surface area contributed by atoms with Gasteiger partial charge in [0.2, 0.25) is 0 Å². The van der Waals surface area contributed by atoms with Gasteiger partial charge in [-0.05, 0) is 54.2 Å². The van der Waals surface area contributed by atoms with Crippen LogP contribution in [0.2, 0.25) is 5.02 Å². The standard InChI is InChI=1S/C20H19ClN4O/c1-12-14(8-17-16(19(12)21)5-6-22-20(17)26)7-13-3-4-18(23-9-13)15-10-24-25(2)11-15/h3-4,8-11H,5-7H2,1-2H3,(H,22,26). The van der Waals surface area contributed by atoms with Crippen LogP contribution >= 0.6 is 11.6 Å². The second-order valence-corrected chi connectivity index (χ2v) is 7.02. The minimum Gasteiger partial charge on any atom is -0.352 e. The Hall–Kier alpha value is -2.66. The lowest BCUT2D eigenvalue weighted by molar-refractivity contribution is 0.0946. The molecule has 1 amide bonds. The van der Waals surface area contributed by atoms with Crippen LogP contribution in [0.15, 0.2) is 36.8 Å². The molecule has 3 aromatic rings. The Morgan fingerprint density at radius 3 is 2.85 bits per heavy atom. The van der Waals surface area contributed by atoms with Gasteiger partial charge in [0.05, 0.1) is 11.9 Å². The summed E-state index contributed by atoms with van der Waals surface area (Å²) in [4.78, 5) is 16.7. The first-order valence-corrected chi connectivity index (χ1v) is 8.93. The van der Waals surface area contributed by atoms with Crippen molar-refractivity contribution in [2.75, 3.05) is 6.54 Å². The molecule has 6 heteroatoms. The van der Waals surface area contributed by atoms with Gasteiger partial charge in [0.25, 0.3) is 5.91 Å². The van der Waals surface area contributed by atoms with Crippen LogP contribution in [0.4, 0.5) is 0 Å². The van der Waals surface area contributed by atoms with E-state index in [2.05, 4.69) is 21.5 Å². The van der Waals surface area contributed by atoms with Crippen LogP contribution < -0.4 is 5.32 Å². The molecule has 0 spiro atoms. The summed E-state index contributed by atoms with van der Waals surface area (Å²) in [6, 6.07) is 6.02. The fourth-order valence-corrected chi connectivity index (χ4v) is 3.67. The first-order chi connectivity index (χ1) is 12.5. The van der Waals surface area contributed by atoms with Gasteiger partial charge in [-0.1, -0.05) is 17.7 Å². The molecule has 1 aromatic carbocycles. The van der Waals surface area contributed by atoms with Crippen molar-refractivity contribution < 1.29 is 4.79 Å². The molecule has 0 radical (unpaired) electrons. The number of nitrogens with zero attached hydrogens (tertiary/aromatic N) is 3. The summed E-state index contributed by atoms with van der Waals surface area (Å²) in [5.74, 6) is -0.0422. The molecule has 0 aliphatic carbocycles. The molecule has 0 unspecified atom stereocenters. The molecule has 1 N–H and O–H groups in total. The first kappa shape index (κ1) is 16.8. The second-order valence-electron chi connectivity index (χ2n) is 6.64. The van der Waals surface area contributed by atoms with Crippen molar-refractivity contribution in [3.8, 4) is 11.3 Å². The SMILES string of the molecule is Cc1c(Cc2ccc(-c3cnn(C)c3)nc2)cc2c(c1Cl)CCNC2=O. The quantitative estimate of drug-likeness (QED) is 0.773. The number of rotatable bonds is 3. The van der Waals surface area contributed by atoms with E-state index in [-0.39, 0.29) is 5.91 Å². The average molecular weight is 367 g/mol. The van der Waals surface area contributed by atoms with Crippen LogP contribution in [0, 0.1) is 6.92 Å². The minimum atomic E-state index is -0.0422. The highest BCUT2D eigenvalue weighted by atomic mass is 35.5. The Kier molecular flexibility index (Phi) is 4.24. The van der Waals surface area contributed by atoms with Crippen LogP contribution in [0.3, 0.4) is 0 Å². The maximum atomic E-state index is 12.2. The lowest BCUT2D eigenvalue weighted by atomic mass is 9.91. The van der Waals surface area contributed by atoms with E-state index in [9.17, 15) is 4.79 Å². The van der Waals surface area contributed by atoms with Crippen molar-refractivity contribution in [2.24, 2.45) is 7.05 Å². The summed E-state index contributed by atoms with van der Waals surface area (Å²) >= 11 is 6.55. The molecule has 4 rings (SSSR count). The van der Waals surface area contributed by atoms with Crippen LogP contribution in [0.25, 0.3) is 11.3 Å². The Morgan fingerprint density at radius 2 is 2.15 bits per heavy atom. The molecular weight excluding hydrogens is 348 g/mol. The van der Waals surface area contributed by atoms with Gasteiger partial charge in [-0.3, -0.25) is 14.5 Å². The summed E-state index contributed by atoms with van der Waals surface area (Å²) in [5.41, 5.74) is 6.71. The molecule has 0 bridgehead atoms. The third kappa shape index (κ3) is 2.99. The Morgan fingerprint density at radius 1 is 1.31 bits per heavy atom. The maximum absolute atomic E-state index is 12.2. The molecule has 26 heavy (non-hydrogen) atoms. The van der Waals surface area contributed by atoms with E-state index in [4.69, 9.17) is 11.6 Å². The van der Waals surface area contributed by atoms with Gasteiger partial charge in [0.15, 0.2) is 0 Å². The predicted molar refractivity (Wildman–Crippen MR) is 101 cm³/mol. The number of halogens is 1. The van der Waals surface area contributed by atoms with Crippen molar-refractivity contribution in [2.45, 2.75) is 19.8 Å². The van der Waals surface area contributed by atoms with Gasteiger partial charge in [-0.15, -0.1) is 0 Å². The Labute approximate surface area is 157 Å². The number of amides is 1. The van der Waals surface area contributed by atoms with Crippen molar-refractivity contribution in [1.82, 2.24) is 20.1 Å². The Bertz CT molecular complexity index is 992. The maximum Gasteiger partial charge on any atom is 0.251 e. The highest BCUT2D eigenvalue weighted by molar-refractivity contribution is 6.32. The fourth-order valence-electron chi connectivity index (χ4n) is 3.36. The number of hydrogen-bond acceptors (Lipinski definition) is 3. The van der Waals surface area contributed by atoms with E-state index < -0.39 is 0 Å². The van der Waals surface area contributed by atoms with Gasteiger partial charge in [0.1, 0.15) is 0 Å². The van der Waals surface area contributed by atoms with Crippen molar-refractivity contribution in [3.05, 3.63) is 69.6 Å². The van der Waals surface area contributed by atoms with Gasteiger partial charge >= 0.3 is 0 Å². The minimum absolute atomic E-state index is 0.0422. The molecule has 5 nitrogen and oxygen atoms in total. The van der Waals surface area contributed by atoms with Crippen molar-refractivity contribution >= 4 is 17.5 Å². The molecule has 0 saturated heterocycles. The van der Waals surface area contributed by atoms with Gasteiger partial charge < -0.3 is 5.32 Å². The molecule has 0 fully saturated rings. The lowest BCUT2D eigenvalue weighted by Crippen LogP contribution is -2.32. The Balaban J connectivity index is 1.64. The predicted octanol–water partition coefficient (Wildman–Crippen LogP) is 3.32. The topological polar surface area (TPSA) is 59.8 Å². The van der Waals surface area contributed by atoms with Crippen LogP contribution in [0.1, 0.15) is 32.6 Å². The van der Waals surface area contributed by atoms with E-state index in [1.807, 2.05) is 38.5 Å². The molecule has 0 atom stereocenters. The van der Waals surface area contributed by atoms with E-state index in [0.29, 0.717) is 23.6 Å². The number of aryl methyl sites for hydroxylation is 1. The third-order valence-electron chi connectivity index (χ3n) is 4.84. The first-order valence-electron chi connectivity index (χ1n) is 8.56. The number of benzene rings is 1. The number of hydrogen-bond donors (Lipinski definition) is 1.